The molecule has 0 spiro atoms. The first-order chi connectivity index (χ1) is 21.4. The van der Waals surface area contributed by atoms with E-state index in [0.717, 1.165) is 37.1 Å². The number of phenols is 2. The van der Waals surface area contributed by atoms with Crippen molar-refractivity contribution < 1.29 is 40.2 Å². The van der Waals surface area contributed by atoms with Gasteiger partial charge in [0, 0.05) is 48.4 Å². The molecule has 0 radical (unpaired) electrons. The molecule has 0 unspecified atom stereocenters. The van der Waals surface area contributed by atoms with E-state index >= 15 is 0 Å². The third-order valence-corrected chi connectivity index (χ3v) is 8.90. The lowest BCUT2D eigenvalue weighted by molar-refractivity contribution is -0.127. The number of hydrogen-bond donors (Lipinski definition) is 9. The van der Waals surface area contributed by atoms with Crippen molar-refractivity contribution >= 4 is 11.8 Å². The Hall–Kier alpha value is -3.30. The van der Waals surface area contributed by atoms with Crippen molar-refractivity contribution in [3.05, 3.63) is 57.6 Å². The van der Waals surface area contributed by atoms with Gasteiger partial charge in [-0.05, 0) is 52.9 Å². The predicted octanol–water partition coefficient (Wildman–Crippen LogP) is -1.18. The van der Waals surface area contributed by atoms with Gasteiger partial charge >= 0.3 is 0 Å². The lowest BCUT2D eigenvalue weighted by Gasteiger charge is -2.31. The highest BCUT2D eigenvalue weighted by Crippen LogP contribution is 2.37. The number of phenolic OH excluding ortho intramolecular Hbond substituents is 2. The second-order valence-electron chi connectivity index (χ2n) is 12.2. The van der Waals surface area contributed by atoms with Crippen LogP contribution in [0.1, 0.15) is 46.2 Å². The molecular formula is C32H49N5O8. The van der Waals surface area contributed by atoms with Gasteiger partial charge in [0.25, 0.3) is 0 Å². The Morgan fingerprint density at radius 2 is 1.04 bits per heavy atom. The van der Waals surface area contributed by atoms with Crippen molar-refractivity contribution in [2.45, 2.75) is 50.6 Å². The van der Waals surface area contributed by atoms with E-state index in [9.17, 15) is 40.2 Å². The number of primary amides is 2. The summed E-state index contributed by atoms with van der Waals surface area (Å²) in [5.74, 6) is -2.28. The van der Waals surface area contributed by atoms with Gasteiger partial charge in [-0.3, -0.25) is 19.4 Å². The number of nitrogens with two attached hydrogens (primary N) is 2. The summed E-state index contributed by atoms with van der Waals surface area (Å²) in [6.07, 6.45) is 1.69. The molecule has 45 heavy (non-hydrogen) atoms. The van der Waals surface area contributed by atoms with Gasteiger partial charge in [-0.2, -0.15) is 0 Å². The summed E-state index contributed by atoms with van der Waals surface area (Å²) in [7, 11) is 0. The summed E-state index contributed by atoms with van der Waals surface area (Å²) < 4.78 is 0. The minimum Gasteiger partial charge on any atom is -0.507 e. The van der Waals surface area contributed by atoms with Crippen LogP contribution >= 0.6 is 0 Å². The van der Waals surface area contributed by atoms with E-state index in [2.05, 4.69) is 15.1 Å². The molecule has 1 aliphatic heterocycles. The van der Waals surface area contributed by atoms with Crippen molar-refractivity contribution in [1.29, 1.82) is 0 Å². The van der Waals surface area contributed by atoms with E-state index in [-0.39, 0.29) is 22.6 Å². The fourth-order valence-electron chi connectivity index (χ4n) is 5.98. The molecule has 0 atom stereocenters. The number of aliphatic hydroxyl groups excluding tert-OH is 4. The van der Waals surface area contributed by atoms with Crippen LogP contribution in [-0.2, 0) is 33.5 Å². The van der Waals surface area contributed by atoms with Gasteiger partial charge in [0.2, 0.25) is 11.8 Å². The molecule has 0 saturated carbocycles. The van der Waals surface area contributed by atoms with Crippen LogP contribution in [0.25, 0.3) is 0 Å². The topological polar surface area (TPSA) is 226 Å². The van der Waals surface area contributed by atoms with Crippen molar-refractivity contribution in [2.75, 3.05) is 65.7 Å². The van der Waals surface area contributed by atoms with Gasteiger partial charge in [-0.15, -0.1) is 0 Å². The number of hydrogen-bond acceptors (Lipinski definition) is 11. The highest BCUT2D eigenvalue weighted by molar-refractivity contribution is 5.89. The molecule has 2 amide bonds. The molecule has 1 fully saturated rings. The number of aliphatic hydroxyl groups is 4. The highest BCUT2D eigenvalue weighted by Gasteiger charge is 2.42. The Bertz CT molecular complexity index is 1230. The predicted molar refractivity (Wildman–Crippen MR) is 168 cm³/mol. The molecule has 1 heterocycles. The first-order valence-electron chi connectivity index (χ1n) is 15.2. The van der Waals surface area contributed by atoms with Gasteiger partial charge in [0.05, 0.1) is 26.4 Å². The first-order valence-corrected chi connectivity index (χ1v) is 15.2. The van der Waals surface area contributed by atoms with E-state index in [4.69, 9.17) is 11.5 Å². The molecule has 0 bridgehead atoms. The monoisotopic (exact) mass is 631 g/mol. The van der Waals surface area contributed by atoms with Crippen LogP contribution < -0.4 is 16.8 Å². The summed E-state index contributed by atoms with van der Waals surface area (Å²) in [4.78, 5) is 29.0. The van der Waals surface area contributed by atoms with E-state index in [0.29, 0.717) is 50.4 Å². The van der Waals surface area contributed by atoms with Crippen molar-refractivity contribution in [3.8, 4) is 11.5 Å². The third-order valence-electron chi connectivity index (χ3n) is 8.90. The van der Waals surface area contributed by atoms with E-state index in [1.54, 1.807) is 38.1 Å². The van der Waals surface area contributed by atoms with Crippen LogP contribution in [0.4, 0.5) is 0 Å². The highest BCUT2D eigenvalue weighted by atomic mass is 16.3. The summed E-state index contributed by atoms with van der Waals surface area (Å²) in [6.45, 7) is 5.36. The molecule has 1 aliphatic rings. The zero-order chi connectivity index (χ0) is 33.4. The lowest BCUT2D eigenvalue weighted by atomic mass is 9.79. The number of nitrogens with zero attached hydrogens (tertiary/aromatic N) is 2. The van der Waals surface area contributed by atoms with Crippen LogP contribution in [0.3, 0.4) is 0 Å². The second kappa shape index (κ2) is 15.8. The summed E-state index contributed by atoms with van der Waals surface area (Å²) in [5.41, 5.74) is 10.2. The van der Waals surface area contributed by atoms with Crippen molar-refractivity contribution in [3.63, 3.8) is 0 Å². The number of rotatable bonds is 12. The van der Waals surface area contributed by atoms with Crippen molar-refractivity contribution in [2.24, 2.45) is 11.5 Å². The molecule has 250 valence electrons. The molecule has 13 heteroatoms. The average Bonchev–Trinajstić information content (AvgIpc) is 3.05. The van der Waals surface area contributed by atoms with Gasteiger partial charge in [0.15, 0.2) is 0 Å². The Kier molecular flexibility index (Phi) is 12.7. The summed E-state index contributed by atoms with van der Waals surface area (Å²) >= 11 is 0. The van der Waals surface area contributed by atoms with E-state index < -0.39 is 49.1 Å². The molecule has 2 aromatic carbocycles. The normalized spacial score (nSPS) is 16.3. The fraction of sp³-hybridized carbons (Fsp3) is 0.562. The minimum absolute atomic E-state index is 0.0830. The summed E-state index contributed by atoms with van der Waals surface area (Å²) in [5, 5.41) is 66.1. The molecule has 3 rings (SSSR count). The molecule has 0 aliphatic carbocycles. The lowest BCUT2D eigenvalue weighted by Crippen LogP contribution is -2.47. The number of carbonyl (C=O) groups excluding carboxylic acids is 2. The number of carbonyl (C=O) groups is 2. The van der Waals surface area contributed by atoms with Crippen LogP contribution in [0, 0.1) is 13.8 Å². The number of nitrogens with one attached hydrogen (secondary N) is 1. The largest absolute Gasteiger partial charge is 0.507 e. The molecule has 2 aromatic rings. The number of benzene rings is 2. The molecule has 13 nitrogen and oxygen atoms in total. The Morgan fingerprint density at radius 3 is 1.36 bits per heavy atom. The Balaban J connectivity index is 1.92. The van der Waals surface area contributed by atoms with Crippen LogP contribution in [0.2, 0.25) is 0 Å². The quantitative estimate of drug-likeness (QED) is 0.135. The smallest absolute Gasteiger partial charge is 0.232 e. The SMILES string of the molecule is Cc1cc(CN2CCCNCCCN(Cc3cc(C)cc(C(CO)(CO)C(N)=O)c3O)CC2)c(O)c(C(CO)(CO)C(N)=O)c1. The van der Waals surface area contributed by atoms with Crippen LogP contribution in [0.5, 0.6) is 11.5 Å². The van der Waals surface area contributed by atoms with Crippen LogP contribution in [-0.4, -0.2) is 118 Å². The van der Waals surface area contributed by atoms with E-state index in [1.807, 2.05) is 0 Å². The zero-order valence-electron chi connectivity index (χ0n) is 26.3. The molecule has 1 saturated heterocycles. The van der Waals surface area contributed by atoms with Gasteiger partial charge < -0.3 is 47.4 Å². The van der Waals surface area contributed by atoms with Gasteiger partial charge in [0.1, 0.15) is 22.3 Å². The Labute approximate surface area is 264 Å². The standard InChI is InChI=1S/C32H49N5O8/c1-21-11-23(27(42)25(13-21)31(17-38,18-39)29(33)44)15-36-7-3-5-35-6-4-8-37(10-9-36)16-24-12-22(2)14-26(28(24)43)32(19-40,20-41)30(34)45/h11-14,35,38-43H,3-10,15-20H2,1-2H3,(H2,33,44)(H2,34,45). The first kappa shape index (κ1) is 36.2. The Morgan fingerprint density at radius 1 is 0.689 bits per heavy atom. The van der Waals surface area contributed by atoms with Gasteiger partial charge in [-0.25, -0.2) is 0 Å². The number of amides is 2. The maximum absolute atomic E-state index is 12.3. The maximum Gasteiger partial charge on any atom is 0.232 e. The molecular weight excluding hydrogens is 582 g/mol. The van der Waals surface area contributed by atoms with Crippen molar-refractivity contribution in [1.82, 2.24) is 15.1 Å². The molecule has 11 N–H and O–H groups in total. The average molecular weight is 632 g/mol. The van der Waals surface area contributed by atoms with E-state index in [1.165, 1.54) is 0 Å². The second-order valence-corrected chi connectivity index (χ2v) is 12.2. The zero-order valence-corrected chi connectivity index (χ0v) is 26.3. The number of aryl methyl sites for hydroxylation is 2. The number of aromatic hydroxyl groups is 2. The minimum atomic E-state index is -1.83. The fourth-order valence-corrected chi connectivity index (χ4v) is 5.98. The third kappa shape index (κ3) is 7.93. The van der Waals surface area contributed by atoms with Gasteiger partial charge in [-0.1, -0.05) is 35.4 Å². The maximum atomic E-state index is 12.3. The summed E-state index contributed by atoms with van der Waals surface area (Å²) in [6, 6.07) is 6.72. The van der Waals surface area contributed by atoms with Crippen LogP contribution in [0.15, 0.2) is 24.3 Å². The molecule has 0 aromatic heterocycles.